The number of amides is 1. The molecular weight excluding hydrogens is 308 g/mol. The summed E-state index contributed by atoms with van der Waals surface area (Å²) in [4.78, 5) is 22.5. The van der Waals surface area contributed by atoms with Crippen LogP contribution in [0.5, 0.6) is 0 Å². The normalized spacial score (nSPS) is 19.8. The van der Waals surface area contributed by atoms with E-state index in [0.717, 1.165) is 12.1 Å². The van der Waals surface area contributed by atoms with Gasteiger partial charge >= 0.3 is 0 Å². The first-order valence-corrected chi connectivity index (χ1v) is 8.04. The number of aromatic nitrogens is 4. The number of hydrogen-bond donors (Lipinski definition) is 1. The molecule has 0 bridgehead atoms. The Morgan fingerprint density at radius 3 is 2.96 bits per heavy atom. The van der Waals surface area contributed by atoms with E-state index in [9.17, 15) is 4.79 Å². The summed E-state index contributed by atoms with van der Waals surface area (Å²) < 4.78 is 7.69. The first-order chi connectivity index (χ1) is 11.6. The molecule has 128 valence electrons. The van der Waals surface area contributed by atoms with E-state index in [1.54, 1.807) is 18.5 Å². The fourth-order valence-electron chi connectivity index (χ4n) is 2.72. The number of nitrogens with zero attached hydrogens (tertiary/aromatic N) is 5. The second kappa shape index (κ2) is 7.50. The summed E-state index contributed by atoms with van der Waals surface area (Å²) in [5, 5.41) is 7.04. The quantitative estimate of drug-likeness (QED) is 0.869. The van der Waals surface area contributed by atoms with E-state index in [1.165, 1.54) is 0 Å². The Balaban J connectivity index is 1.56. The fraction of sp³-hybridized carbons (Fsp3) is 0.500. The summed E-state index contributed by atoms with van der Waals surface area (Å²) in [7, 11) is 0. The maximum absolute atomic E-state index is 12.4. The number of rotatable bonds is 5. The van der Waals surface area contributed by atoms with Gasteiger partial charge in [0.15, 0.2) is 0 Å². The monoisotopic (exact) mass is 330 g/mol. The van der Waals surface area contributed by atoms with E-state index >= 15 is 0 Å². The predicted octanol–water partition coefficient (Wildman–Crippen LogP) is 0.710. The molecule has 2 unspecified atom stereocenters. The lowest BCUT2D eigenvalue weighted by Gasteiger charge is -2.35. The maximum atomic E-state index is 12.4. The molecular formula is C16H22N6O2. The minimum atomic E-state index is -0.278. The number of carbonyl (C=O) groups excluding carboxylic acids is 1. The zero-order valence-corrected chi connectivity index (χ0v) is 13.9. The molecule has 24 heavy (non-hydrogen) atoms. The van der Waals surface area contributed by atoms with Gasteiger partial charge in [-0.3, -0.25) is 19.7 Å². The smallest absolute Gasteiger partial charge is 0.243 e. The third-order valence-corrected chi connectivity index (χ3v) is 4.05. The van der Waals surface area contributed by atoms with Crippen LogP contribution in [0.25, 0.3) is 0 Å². The molecule has 1 aliphatic rings. The molecule has 3 rings (SSSR count). The highest BCUT2D eigenvalue weighted by atomic mass is 16.5. The van der Waals surface area contributed by atoms with Crippen molar-refractivity contribution in [3.05, 3.63) is 36.4 Å². The number of aryl methyl sites for hydroxylation is 1. The molecule has 0 saturated carbocycles. The lowest BCUT2D eigenvalue weighted by Crippen LogP contribution is -2.51. The van der Waals surface area contributed by atoms with Crippen LogP contribution >= 0.6 is 0 Å². The van der Waals surface area contributed by atoms with Gasteiger partial charge in [0, 0.05) is 31.7 Å². The van der Waals surface area contributed by atoms with Crippen molar-refractivity contribution in [1.82, 2.24) is 24.6 Å². The summed E-state index contributed by atoms with van der Waals surface area (Å²) in [5.41, 5.74) is 1.12. The second-order valence-corrected chi connectivity index (χ2v) is 5.97. The van der Waals surface area contributed by atoms with Gasteiger partial charge in [0.2, 0.25) is 11.9 Å². The zero-order valence-electron chi connectivity index (χ0n) is 13.9. The average molecular weight is 330 g/mol. The molecule has 2 aromatic rings. The van der Waals surface area contributed by atoms with Gasteiger partial charge in [0.1, 0.15) is 0 Å². The van der Waals surface area contributed by atoms with Crippen molar-refractivity contribution < 1.29 is 9.53 Å². The van der Waals surface area contributed by atoms with Crippen LogP contribution in [-0.4, -0.2) is 62.4 Å². The van der Waals surface area contributed by atoms with Crippen LogP contribution in [0.2, 0.25) is 0 Å². The fourth-order valence-corrected chi connectivity index (χ4v) is 2.72. The van der Waals surface area contributed by atoms with Crippen molar-refractivity contribution >= 4 is 11.9 Å². The molecule has 3 heterocycles. The van der Waals surface area contributed by atoms with Crippen LogP contribution in [0.4, 0.5) is 5.95 Å². The van der Waals surface area contributed by atoms with Gasteiger partial charge in [-0.15, -0.1) is 0 Å². The molecule has 1 fully saturated rings. The highest BCUT2D eigenvalue weighted by Gasteiger charge is 2.28. The zero-order chi connectivity index (χ0) is 16.9. The van der Waals surface area contributed by atoms with Gasteiger partial charge in [-0.1, -0.05) is 0 Å². The van der Waals surface area contributed by atoms with Crippen LogP contribution in [-0.2, 0) is 16.1 Å². The molecule has 0 aliphatic carbocycles. The molecule has 8 heteroatoms. The molecule has 2 atom stereocenters. The maximum Gasteiger partial charge on any atom is 0.243 e. The molecule has 1 N–H and O–H groups in total. The summed E-state index contributed by atoms with van der Waals surface area (Å²) in [6.07, 6.45) is 7.04. The van der Waals surface area contributed by atoms with Crippen LogP contribution < -0.4 is 5.32 Å². The van der Waals surface area contributed by atoms with Gasteiger partial charge in [0.05, 0.1) is 31.5 Å². The number of nitrogens with one attached hydrogen (secondary N) is 1. The number of anilines is 1. The third kappa shape index (κ3) is 4.15. The molecule has 1 aliphatic heterocycles. The number of morpholine rings is 1. The van der Waals surface area contributed by atoms with Crippen LogP contribution in [0.15, 0.2) is 30.9 Å². The first-order valence-electron chi connectivity index (χ1n) is 8.04. The second-order valence-electron chi connectivity index (χ2n) is 5.97. The first kappa shape index (κ1) is 16.5. The molecule has 1 saturated heterocycles. The molecule has 0 spiro atoms. The molecule has 2 aromatic heterocycles. The topological polar surface area (TPSA) is 85.2 Å². The highest BCUT2D eigenvalue weighted by molar-refractivity contribution is 5.93. The van der Waals surface area contributed by atoms with Crippen molar-refractivity contribution in [1.29, 1.82) is 0 Å². The van der Waals surface area contributed by atoms with Crippen molar-refractivity contribution in [2.24, 2.45) is 0 Å². The van der Waals surface area contributed by atoms with E-state index in [-0.39, 0.29) is 18.1 Å². The predicted molar refractivity (Wildman–Crippen MR) is 88.4 cm³/mol. The Bertz CT molecular complexity index is 674. The lowest BCUT2D eigenvalue weighted by atomic mass is 10.2. The van der Waals surface area contributed by atoms with E-state index in [0.29, 0.717) is 25.6 Å². The van der Waals surface area contributed by atoms with Gasteiger partial charge in [0.25, 0.3) is 0 Å². The summed E-state index contributed by atoms with van der Waals surface area (Å²) >= 11 is 0. The Labute approximate surface area is 140 Å². The van der Waals surface area contributed by atoms with Gasteiger partial charge in [-0.25, -0.2) is 9.97 Å². The lowest BCUT2D eigenvalue weighted by molar-refractivity contribution is -0.124. The van der Waals surface area contributed by atoms with Crippen molar-refractivity contribution in [3.8, 4) is 0 Å². The largest absolute Gasteiger partial charge is 0.374 e. The Kier molecular flexibility index (Phi) is 5.17. The van der Waals surface area contributed by atoms with E-state index in [2.05, 4.69) is 25.3 Å². The van der Waals surface area contributed by atoms with E-state index in [1.807, 2.05) is 30.9 Å². The van der Waals surface area contributed by atoms with Gasteiger partial charge in [-0.2, -0.15) is 5.10 Å². The minimum absolute atomic E-state index is 0.0151. The Hall–Kier alpha value is -2.32. The molecule has 8 nitrogen and oxygen atoms in total. The average Bonchev–Trinajstić information content (AvgIpc) is 3.00. The van der Waals surface area contributed by atoms with Crippen molar-refractivity contribution in [2.45, 2.75) is 32.5 Å². The minimum Gasteiger partial charge on any atom is -0.374 e. The van der Waals surface area contributed by atoms with Crippen LogP contribution in [0.1, 0.15) is 12.5 Å². The summed E-state index contributed by atoms with van der Waals surface area (Å²) in [6.45, 7) is 6.58. The standard InChI is InChI=1S/C16H22N6O2/c1-12-8-19-22(9-12)11-14-10-21(6-7-24-14)13(2)15(23)20-16-17-4-3-5-18-16/h3-5,8-9,13-14H,6-7,10-11H2,1-2H3,(H,17,18,20,23). The number of hydrogen-bond acceptors (Lipinski definition) is 6. The Morgan fingerprint density at radius 2 is 2.25 bits per heavy atom. The summed E-state index contributed by atoms with van der Waals surface area (Å²) in [5.74, 6) is 0.211. The SMILES string of the molecule is Cc1cnn(CC2CN(C(C)C(=O)Nc3ncccn3)CCO2)c1. The molecule has 0 aromatic carbocycles. The van der Waals surface area contributed by atoms with Gasteiger partial charge < -0.3 is 4.74 Å². The van der Waals surface area contributed by atoms with Gasteiger partial charge in [-0.05, 0) is 25.5 Å². The highest BCUT2D eigenvalue weighted by Crippen LogP contribution is 2.12. The van der Waals surface area contributed by atoms with E-state index < -0.39 is 0 Å². The molecule has 0 radical (unpaired) electrons. The number of ether oxygens (including phenoxy) is 1. The Morgan fingerprint density at radius 1 is 1.46 bits per heavy atom. The van der Waals surface area contributed by atoms with Crippen LogP contribution in [0, 0.1) is 6.92 Å². The van der Waals surface area contributed by atoms with E-state index in [4.69, 9.17) is 4.74 Å². The number of carbonyl (C=O) groups is 1. The van der Waals surface area contributed by atoms with Crippen molar-refractivity contribution in [3.63, 3.8) is 0 Å². The van der Waals surface area contributed by atoms with Crippen LogP contribution in [0.3, 0.4) is 0 Å². The third-order valence-electron chi connectivity index (χ3n) is 4.05. The summed E-state index contributed by atoms with van der Waals surface area (Å²) in [6, 6.07) is 1.43. The van der Waals surface area contributed by atoms with Crippen molar-refractivity contribution in [2.75, 3.05) is 25.0 Å². The molecule has 1 amide bonds.